The van der Waals surface area contributed by atoms with Crippen LogP contribution in [0.3, 0.4) is 0 Å². The van der Waals surface area contributed by atoms with Crippen molar-refractivity contribution in [2.75, 3.05) is 18.1 Å². The second-order valence-corrected chi connectivity index (χ2v) is 7.95. The minimum atomic E-state index is -3.14. The van der Waals surface area contributed by atoms with Crippen molar-refractivity contribution in [3.05, 3.63) is 29.7 Å². The molecular formula is C14H20N4O3S. The Bertz CT molecular complexity index is 780. The highest BCUT2D eigenvalue weighted by molar-refractivity contribution is 7.91. The lowest BCUT2D eigenvalue weighted by Crippen LogP contribution is -2.30. The van der Waals surface area contributed by atoms with E-state index in [0.29, 0.717) is 11.2 Å². The van der Waals surface area contributed by atoms with Gasteiger partial charge in [-0.05, 0) is 18.4 Å². The molecule has 120 valence electrons. The van der Waals surface area contributed by atoms with Crippen LogP contribution in [0.1, 0.15) is 29.8 Å². The third-order valence-corrected chi connectivity index (χ3v) is 5.02. The molecule has 2 rings (SSSR count). The molecule has 2 aromatic rings. The number of sulfone groups is 1. The number of fused-ring (bicyclic) bond motifs is 1. The maximum atomic E-state index is 12.1. The first kappa shape index (κ1) is 16.4. The summed E-state index contributed by atoms with van der Waals surface area (Å²) in [5, 5.41) is 6.68. The molecule has 0 saturated carbocycles. The van der Waals surface area contributed by atoms with E-state index in [1.807, 2.05) is 20.8 Å². The average Bonchev–Trinajstić information content (AvgIpc) is 2.79. The van der Waals surface area contributed by atoms with E-state index < -0.39 is 9.84 Å². The number of hydrogen-bond donors (Lipinski definition) is 1. The summed E-state index contributed by atoms with van der Waals surface area (Å²) >= 11 is 0. The minimum Gasteiger partial charge on any atom is -0.351 e. The fourth-order valence-corrected chi connectivity index (χ4v) is 3.73. The van der Waals surface area contributed by atoms with Crippen molar-refractivity contribution >= 4 is 21.4 Å². The number of amides is 1. The Kier molecular flexibility index (Phi) is 4.80. The Morgan fingerprint density at radius 2 is 2.09 bits per heavy atom. The van der Waals surface area contributed by atoms with Gasteiger partial charge in [-0.3, -0.25) is 4.79 Å². The zero-order valence-electron chi connectivity index (χ0n) is 12.9. The van der Waals surface area contributed by atoms with E-state index in [1.54, 1.807) is 12.4 Å². The predicted octanol–water partition coefficient (Wildman–Crippen LogP) is 0.838. The number of rotatable bonds is 6. The topological polar surface area (TPSA) is 93.4 Å². The summed E-state index contributed by atoms with van der Waals surface area (Å²) in [4.78, 5) is 16.3. The molecule has 1 amide bonds. The highest BCUT2D eigenvalue weighted by Gasteiger charge is 2.16. The van der Waals surface area contributed by atoms with Gasteiger partial charge in [-0.15, -0.1) is 0 Å². The van der Waals surface area contributed by atoms with Gasteiger partial charge in [0, 0.05) is 18.9 Å². The maximum Gasteiger partial charge on any atom is 0.256 e. The van der Waals surface area contributed by atoms with Crippen LogP contribution in [-0.2, 0) is 9.84 Å². The molecule has 22 heavy (non-hydrogen) atoms. The summed E-state index contributed by atoms with van der Waals surface area (Å²) in [5.74, 6) is -0.234. The number of carbonyl (C=O) groups is 1. The molecule has 0 radical (unpaired) electrons. The Morgan fingerprint density at radius 3 is 2.77 bits per heavy atom. The first-order valence-corrected chi connectivity index (χ1v) is 8.89. The SMILES string of the molecule is Cc1cnc2c(C(=O)NCCS(=O)(=O)CC(C)C)cnn2c1. The van der Waals surface area contributed by atoms with Crippen LogP contribution in [0, 0.1) is 12.8 Å². The number of nitrogens with zero attached hydrogens (tertiary/aromatic N) is 3. The normalized spacial score (nSPS) is 12.0. The van der Waals surface area contributed by atoms with Crippen molar-refractivity contribution in [2.24, 2.45) is 5.92 Å². The largest absolute Gasteiger partial charge is 0.351 e. The molecule has 0 fully saturated rings. The summed E-state index contributed by atoms with van der Waals surface area (Å²) in [6.45, 7) is 5.66. The summed E-state index contributed by atoms with van der Waals surface area (Å²) in [6, 6.07) is 0. The van der Waals surface area contributed by atoms with E-state index in [9.17, 15) is 13.2 Å². The van der Waals surface area contributed by atoms with Gasteiger partial charge in [0.1, 0.15) is 5.56 Å². The standard InChI is InChI=1S/C14H20N4O3S/c1-10(2)9-22(20,21)5-4-15-14(19)12-7-17-18-8-11(3)6-16-13(12)18/h6-8,10H,4-5,9H2,1-3H3,(H,15,19). The first-order valence-electron chi connectivity index (χ1n) is 7.07. The molecule has 2 aromatic heterocycles. The molecule has 0 aliphatic rings. The zero-order valence-corrected chi connectivity index (χ0v) is 13.7. The molecule has 0 atom stereocenters. The van der Waals surface area contributed by atoms with E-state index >= 15 is 0 Å². The lowest BCUT2D eigenvalue weighted by molar-refractivity contribution is 0.0957. The molecule has 0 saturated heterocycles. The molecule has 0 spiro atoms. The average molecular weight is 324 g/mol. The van der Waals surface area contributed by atoms with E-state index in [1.165, 1.54) is 10.7 Å². The van der Waals surface area contributed by atoms with Crippen LogP contribution in [0.15, 0.2) is 18.6 Å². The van der Waals surface area contributed by atoms with Crippen molar-refractivity contribution in [3.8, 4) is 0 Å². The molecule has 0 aliphatic heterocycles. The smallest absolute Gasteiger partial charge is 0.256 e. The molecule has 2 heterocycles. The second kappa shape index (κ2) is 6.43. The molecule has 7 nitrogen and oxygen atoms in total. The quantitative estimate of drug-likeness (QED) is 0.850. The van der Waals surface area contributed by atoms with Crippen molar-refractivity contribution < 1.29 is 13.2 Å². The summed E-state index contributed by atoms with van der Waals surface area (Å²) in [7, 11) is -3.14. The predicted molar refractivity (Wildman–Crippen MR) is 83.5 cm³/mol. The Hall–Kier alpha value is -1.96. The van der Waals surface area contributed by atoms with Crippen LogP contribution in [0.5, 0.6) is 0 Å². The zero-order chi connectivity index (χ0) is 16.3. The third-order valence-electron chi connectivity index (χ3n) is 3.02. The van der Waals surface area contributed by atoms with Gasteiger partial charge < -0.3 is 5.32 Å². The van der Waals surface area contributed by atoms with Gasteiger partial charge in [0.2, 0.25) is 0 Å². The number of hydrogen-bond acceptors (Lipinski definition) is 5. The van der Waals surface area contributed by atoms with Crippen molar-refractivity contribution in [1.82, 2.24) is 19.9 Å². The van der Waals surface area contributed by atoms with Crippen LogP contribution in [0.25, 0.3) is 5.65 Å². The van der Waals surface area contributed by atoms with Crippen molar-refractivity contribution in [1.29, 1.82) is 0 Å². The Morgan fingerprint density at radius 1 is 1.36 bits per heavy atom. The first-order chi connectivity index (χ1) is 10.3. The molecule has 0 aliphatic carbocycles. The Labute approximate surface area is 129 Å². The monoisotopic (exact) mass is 324 g/mol. The summed E-state index contributed by atoms with van der Waals surface area (Å²) in [5.41, 5.74) is 1.72. The van der Waals surface area contributed by atoms with Crippen LogP contribution < -0.4 is 5.32 Å². The van der Waals surface area contributed by atoms with Gasteiger partial charge in [-0.25, -0.2) is 17.9 Å². The number of aryl methyl sites for hydroxylation is 1. The van der Waals surface area contributed by atoms with Gasteiger partial charge in [0.25, 0.3) is 5.91 Å². The maximum absolute atomic E-state index is 12.1. The van der Waals surface area contributed by atoms with Crippen LogP contribution in [0.2, 0.25) is 0 Å². The van der Waals surface area contributed by atoms with E-state index in [4.69, 9.17) is 0 Å². The van der Waals surface area contributed by atoms with Crippen molar-refractivity contribution in [3.63, 3.8) is 0 Å². The van der Waals surface area contributed by atoms with Gasteiger partial charge >= 0.3 is 0 Å². The summed E-state index contributed by atoms with van der Waals surface area (Å²) in [6.07, 6.45) is 4.85. The van der Waals surface area contributed by atoms with Crippen LogP contribution >= 0.6 is 0 Å². The van der Waals surface area contributed by atoms with E-state index in [-0.39, 0.29) is 29.9 Å². The molecule has 1 N–H and O–H groups in total. The fraction of sp³-hybridized carbons (Fsp3) is 0.500. The van der Waals surface area contributed by atoms with Crippen LogP contribution in [0.4, 0.5) is 0 Å². The van der Waals surface area contributed by atoms with Gasteiger partial charge in [-0.1, -0.05) is 13.8 Å². The summed E-state index contributed by atoms with van der Waals surface area (Å²) < 4.78 is 25.1. The molecular weight excluding hydrogens is 304 g/mol. The van der Waals surface area contributed by atoms with Crippen LogP contribution in [-0.4, -0.2) is 47.0 Å². The van der Waals surface area contributed by atoms with Crippen molar-refractivity contribution in [2.45, 2.75) is 20.8 Å². The van der Waals surface area contributed by atoms with Gasteiger partial charge in [0.15, 0.2) is 15.5 Å². The fourth-order valence-electron chi connectivity index (χ4n) is 2.13. The number of nitrogens with one attached hydrogen (secondary N) is 1. The Balaban J connectivity index is 2.00. The lowest BCUT2D eigenvalue weighted by atomic mass is 10.3. The minimum absolute atomic E-state index is 0.0668. The van der Waals surface area contributed by atoms with Gasteiger partial charge in [-0.2, -0.15) is 5.10 Å². The number of carbonyl (C=O) groups excluding carboxylic acids is 1. The molecule has 8 heteroatoms. The molecule has 0 aromatic carbocycles. The second-order valence-electron chi connectivity index (χ2n) is 5.72. The van der Waals surface area contributed by atoms with E-state index in [0.717, 1.165) is 5.56 Å². The third kappa shape index (κ3) is 4.03. The lowest BCUT2D eigenvalue weighted by Gasteiger charge is -2.07. The van der Waals surface area contributed by atoms with E-state index in [2.05, 4.69) is 15.4 Å². The number of aromatic nitrogens is 3. The molecule has 0 bridgehead atoms. The highest BCUT2D eigenvalue weighted by Crippen LogP contribution is 2.08. The molecule has 0 unspecified atom stereocenters. The highest BCUT2D eigenvalue weighted by atomic mass is 32.2. The van der Waals surface area contributed by atoms with Gasteiger partial charge in [0.05, 0.1) is 17.7 Å².